The average molecular weight is 220 g/mol. The van der Waals surface area contributed by atoms with Crippen molar-refractivity contribution in [2.75, 3.05) is 31.6 Å². The van der Waals surface area contributed by atoms with Crippen LogP contribution in [0.1, 0.15) is 19.0 Å². The lowest BCUT2D eigenvalue weighted by Gasteiger charge is -2.23. The van der Waals surface area contributed by atoms with Gasteiger partial charge in [0.2, 0.25) is 0 Å². The van der Waals surface area contributed by atoms with Crippen LogP contribution in [0.2, 0.25) is 0 Å². The Morgan fingerprint density at radius 1 is 1.44 bits per heavy atom. The number of likely N-dealkylation sites (N-methyl/N-ethyl adjacent to an activating group) is 1. The van der Waals surface area contributed by atoms with Gasteiger partial charge in [-0.15, -0.1) is 0 Å². The second kappa shape index (κ2) is 4.78. The molecule has 0 bridgehead atoms. The van der Waals surface area contributed by atoms with Crippen LogP contribution >= 0.6 is 0 Å². The average Bonchev–Trinajstić information content (AvgIpc) is 2.78. The fourth-order valence-corrected chi connectivity index (χ4v) is 2.12. The lowest BCUT2D eigenvalue weighted by molar-refractivity contribution is 0.272. The fourth-order valence-electron chi connectivity index (χ4n) is 2.12. The summed E-state index contributed by atoms with van der Waals surface area (Å²) < 4.78 is 0. The first-order valence-electron chi connectivity index (χ1n) is 5.94. The number of nitrogens with zero attached hydrogens (tertiary/aromatic N) is 4. The van der Waals surface area contributed by atoms with Crippen LogP contribution in [0.5, 0.6) is 0 Å². The number of anilines is 1. The molecule has 1 saturated heterocycles. The predicted molar refractivity (Wildman–Crippen MR) is 65.7 cm³/mol. The van der Waals surface area contributed by atoms with Crippen LogP contribution in [0, 0.1) is 6.92 Å². The Morgan fingerprint density at radius 2 is 2.25 bits per heavy atom. The molecule has 16 heavy (non-hydrogen) atoms. The number of hydrogen-bond donors (Lipinski definition) is 0. The Balaban J connectivity index is 2.00. The van der Waals surface area contributed by atoms with Crippen LogP contribution in [0.3, 0.4) is 0 Å². The molecule has 1 atom stereocenters. The van der Waals surface area contributed by atoms with Gasteiger partial charge in [0, 0.05) is 19.1 Å². The molecule has 1 unspecified atom stereocenters. The molecule has 4 heteroatoms. The van der Waals surface area contributed by atoms with Crippen molar-refractivity contribution in [3.8, 4) is 0 Å². The number of aryl methyl sites for hydroxylation is 1. The SMILES string of the molecule is CCN(C)C1CCN(c2cnc(C)cn2)C1. The molecule has 4 nitrogen and oxygen atoms in total. The van der Waals surface area contributed by atoms with E-state index in [1.807, 2.05) is 19.3 Å². The van der Waals surface area contributed by atoms with Crippen LogP contribution < -0.4 is 4.90 Å². The quantitative estimate of drug-likeness (QED) is 0.769. The third kappa shape index (κ3) is 2.32. The molecule has 1 aromatic heterocycles. The van der Waals surface area contributed by atoms with Crippen LogP contribution in [0.15, 0.2) is 12.4 Å². The van der Waals surface area contributed by atoms with Gasteiger partial charge in [0.05, 0.1) is 18.1 Å². The molecule has 1 fully saturated rings. The summed E-state index contributed by atoms with van der Waals surface area (Å²) in [5, 5.41) is 0. The zero-order valence-corrected chi connectivity index (χ0v) is 10.3. The first-order valence-corrected chi connectivity index (χ1v) is 5.94. The van der Waals surface area contributed by atoms with Gasteiger partial charge in [0.1, 0.15) is 5.82 Å². The molecule has 88 valence electrons. The maximum absolute atomic E-state index is 4.42. The number of aromatic nitrogens is 2. The monoisotopic (exact) mass is 220 g/mol. The largest absolute Gasteiger partial charge is 0.354 e. The van der Waals surface area contributed by atoms with E-state index in [2.05, 4.69) is 33.7 Å². The maximum Gasteiger partial charge on any atom is 0.147 e. The lowest BCUT2D eigenvalue weighted by atomic mass is 10.2. The van der Waals surface area contributed by atoms with Crippen molar-refractivity contribution in [3.63, 3.8) is 0 Å². The molecule has 2 heterocycles. The molecule has 0 aliphatic carbocycles. The highest BCUT2D eigenvalue weighted by Crippen LogP contribution is 2.19. The molecule has 0 saturated carbocycles. The molecule has 0 N–H and O–H groups in total. The van der Waals surface area contributed by atoms with Crippen molar-refractivity contribution >= 4 is 5.82 Å². The normalized spacial score (nSPS) is 20.8. The van der Waals surface area contributed by atoms with Gasteiger partial charge in [-0.1, -0.05) is 6.92 Å². The van der Waals surface area contributed by atoms with Crippen LogP contribution in [-0.4, -0.2) is 47.6 Å². The lowest BCUT2D eigenvalue weighted by Crippen LogP contribution is -2.34. The van der Waals surface area contributed by atoms with Crippen LogP contribution in [0.25, 0.3) is 0 Å². The Morgan fingerprint density at radius 3 is 2.88 bits per heavy atom. The van der Waals surface area contributed by atoms with Gasteiger partial charge in [-0.3, -0.25) is 4.98 Å². The molecule has 0 aromatic carbocycles. The minimum atomic E-state index is 0.660. The molecule has 1 aliphatic heterocycles. The molecule has 1 aromatic rings. The van der Waals surface area contributed by atoms with Crippen molar-refractivity contribution in [1.29, 1.82) is 0 Å². The van der Waals surface area contributed by atoms with Gasteiger partial charge >= 0.3 is 0 Å². The Hall–Kier alpha value is -1.16. The summed E-state index contributed by atoms with van der Waals surface area (Å²) in [5.74, 6) is 1.01. The standard InChI is InChI=1S/C12H20N4/c1-4-15(3)11-5-6-16(9-11)12-8-13-10(2)7-14-12/h7-8,11H,4-6,9H2,1-3H3. The molecule has 0 amide bonds. The zero-order valence-electron chi connectivity index (χ0n) is 10.3. The summed E-state index contributed by atoms with van der Waals surface area (Å²) in [7, 11) is 2.19. The third-order valence-electron chi connectivity index (χ3n) is 3.38. The molecule has 0 spiro atoms. The summed E-state index contributed by atoms with van der Waals surface area (Å²) in [5.41, 5.74) is 0.977. The van der Waals surface area contributed by atoms with E-state index in [1.54, 1.807) is 0 Å². The Labute approximate surface area is 97.3 Å². The van der Waals surface area contributed by atoms with Crippen molar-refractivity contribution < 1.29 is 0 Å². The predicted octanol–water partition coefficient (Wildman–Crippen LogP) is 1.32. The van der Waals surface area contributed by atoms with E-state index in [-0.39, 0.29) is 0 Å². The van der Waals surface area contributed by atoms with Crippen LogP contribution in [0.4, 0.5) is 5.82 Å². The van der Waals surface area contributed by atoms with E-state index in [9.17, 15) is 0 Å². The Kier molecular flexibility index (Phi) is 3.39. The van der Waals surface area contributed by atoms with Crippen molar-refractivity contribution in [2.45, 2.75) is 26.3 Å². The summed E-state index contributed by atoms with van der Waals surface area (Å²) >= 11 is 0. The van der Waals surface area contributed by atoms with Gasteiger partial charge in [0.25, 0.3) is 0 Å². The topological polar surface area (TPSA) is 32.3 Å². The summed E-state index contributed by atoms with van der Waals surface area (Å²) in [4.78, 5) is 13.4. The van der Waals surface area contributed by atoms with E-state index < -0.39 is 0 Å². The second-order valence-corrected chi connectivity index (χ2v) is 4.48. The van der Waals surface area contributed by atoms with Crippen molar-refractivity contribution in [1.82, 2.24) is 14.9 Å². The minimum Gasteiger partial charge on any atom is -0.354 e. The van der Waals surface area contributed by atoms with E-state index >= 15 is 0 Å². The molecular formula is C12H20N4. The van der Waals surface area contributed by atoms with Crippen molar-refractivity contribution in [3.05, 3.63) is 18.1 Å². The Bertz CT molecular complexity index is 335. The van der Waals surface area contributed by atoms with E-state index in [0.717, 1.165) is 31.1 Å². The molecular weight excluding hydrogens is 200 g/mol. The van der Waals surface area contributed by atoms with Crippen LogP contribution in [-0.2, 0) is 0 Å². The minimum absolute atomic E-state index is 0.660. The van der Waals surface area contributed by atoms with Gasteiger partial charge in [-0.25, -0.2) is 4.98 Å². The van der Waals surface area contributed by atoms with Gasteiger partial charge < -0.3 is 9.80 Å². The highest BCUT2D eigenvalue weighted by atomic mass is 15.3. The summed E-state index contributed by atoms with van der Waals surface area (Å²) in [6, 6.07) is 0.660. The number of rotatable bonds is 3. The second-order valence-electron chi connectivity index (χ2n) is 4.48. The molecule has 2 rings (SSSR count). The van der Waals surface area contributed by atoms with E-state index in [1.165, 1.54) is 6.42 Å². The molecule has 1 aliphatic rings. The van der Waals surface area contributed by atoms with Gasteiger partial charge in [-0.05, 0) is 26.9 Å². The summed E-state index contributed by atoms with van der Waals surface area (Å²) in [6.07, 6.45) is 4.94. The number of hydrogen-bond acceptors (Lipinski definition) is 4. The smallest absolute Gasteiger partial charge is 0.147 e. The third-order valence-corrected chi connectivity index (χ3v) is 3.38. The van der Waals surface area contributed by atoms with E-state index in [4.69, 9.17) is 0 Å². The molecule has 0 radical (unpaired) electrons. The highest BCUT2D eigenvalue weighted by molar-refractivity contribution is 5.37. The van der Waals surface area contributed by atoms with Gasteiger partial charge in [-0.2, -0.15) is 0 Å². The van der Waals surface area contributed by atoms with Crippen molar-refractivity contribution in [2.24, 2.45) is 0 Å². The zero-order chi connectivity index (χ0) is 11.5. The first kappa shape index (κ1) is 11.3. The first-order chi connectivity index (χ1) is 7.70. The van der Waals surface area contributed by atoms with Gasteiger partial charge in [0.15, 0.2) is 0 Å². The fraction of sp³-hybridized carbons (Fsp3) is 0.667. The van der Waals surface area contributed by atoms with E-state index in [0.29, 0.717) is 6.04 Å². The maximum atomic E-state index is 4.42. The summed E-state index contributed by atoms with van der Waals surface area (Å²) in [6.45, 7) is 7.44. The highest BCUT2D eigenvalue weighted by Gasteiger charge is 2.25.